The van der Waals surface area contributed by atoms with E-state index in [2.05, 4.69) is 10.6 Å². The number of furan rings is 1. The molecule has 0 fully saturated rings. The second kappa shape index (κ2) is 9.41. The van der Waals surface area contributed by atoms with Crippen LogP contribution in [0.4, 0.5) is 5.69 Å². The van der Waals surface area contributed by atoms with Gasteiger partial charge in [0.1, 0.15) is 11.5 Å². The highest BCUT2D eigenvalue weighted by atomic mass is 16.5. The number of anilines is 1. The van der Waals surface area contributed by atoms with E-state index in [9.17, 15) is 9.59 Å². The van der Waals surface area contributed by atoms with Crippen LogP contribution in [0.2, 0.25) is 0 Å². The maximum absolute atomic E-state index is 12.5. The zero-order valence-electron chi connectivity index (χ0n) is 15.6. The Labute approximate surface area is 163 Å². The number of benzene rings is 2. The average Bonchev–Trinajstić information content (AvgIpc) is 3.24. The molecule has 3 aromatic rings. The Bertz CT molecular complexity index is 935. The number of carbonyl (C=O) groups excluding carboxylic acids is 2. The second-order valence-corrected chi connectivity index (χ2v) is 6.17. The smallest absolute Gasteiger partial charge is 0.255 e. The van der Waals surface area contributed by atoms with Crippen molar-refractivity contribution in [2.75, 3.05) is 11.9 Å². The van der Waals surface area contributed by atoms with Gasteiger partial charge in [-0.15, -0.1) is 0 Å². The van der Waals surface area contributed by atoms with Gasteiger partial charge >= 0.3 is 0 Å². The summed E-state index contributed by atoms with van der Waals surface area (Å²) >= 11 is 0. The van der Waals surface area contributed by atoms with Crippen LogP contribution in [0.5, 0.6) is 5.75 Å². The van der Waals surface area contributed by atoms with Crippen LogP contribution in [0.25, 0.3) is 0 Å². The van der Waals surface area contributed by atoms with E-state index >= 15 is 0 Å². The van der Waals surface area contributed by atoms with E-state index in [1.165, 1.54) is 0 Å². The highest BCUT2D eigenvalue weighted by Gasteiger charge is 2.10. The van der Waals surface area contributed by atoms with E-state index in [1.807, 2.05) is 13.0 Å². The molecule has 1 aromatic heterocycles. The Balaban J connectivity index is 1.63. The van der Waals surface area contributed by atoms with Crippen LogP contribution in [0.15, 0.2) is 71.3 Å². The number of amides is 2. The van der Waals surface area contributed by atoms with Crippen LogP contribution in [0.3, 0.4) is 0 Å². The predicted molar refractivity (Wildman–Crippen MR) is 107 cm³/mol. The van der Waals surface area contributed by atoms with E-state index in [4.69, 9.17) is 9.15 Å². The van der Waals surface area contributed by atoms with Gasteiger partial charge in [0.05, 0.1) is 19.4 Å². The number of hydrogen-bond donors (Lipinski definition) is 2. The summed E-state index contributed by atoms with van der Waals surface area (Å²) < 4.78 is 10.8. The van der Waals surface area contributed by atoms with Gasteiger partial charge in [0.25, 0.3) is 11.8 Å². The van der Waals surface area contributed by atoms with Crippen LogP contribution in [-0.4, -0.2) is 18.4 Å². The second-order valence-electron chi connectivity index (χ2n) is 6.17. The summed E-state index contributed by atoms with van der Waals surface area (Å²) in [5.41, 5.74) is 1.47. The molecule has 0 radical (unpaired) electrons. The van der Waals surface area contributed by atoms with Crippen molar-refractivity contribution in [2.45, 2.75) is 19.9 Å². The lowest BCUT2D eigenvalue weighted by molar-refractivity contribution is 0.0946. The molecule has 28 heavy (non-hydrogen) atoms. The third kappa shape index (κ3) is 5.23. The molecule has 1 heterocycles. The first kappa shape index (κ1) is 19.2. The minimum atomic E-state index is -0.268. The summed E-state index contributed by atoms with van der Waals surface area (Å²) in [7, 11) is 0. The molecule has 6 nitrogen and oxygen atoms in total. The third-order valence-corrected chi connectivity index (χ3v) is 3.95. The van der Waals surface area contributed by atoms with Gasteiger partial charge in [0.2, 0.25) is 0 Å². The molecule has 0 atom stereocenters. The van der Waals surface area contributed by atoms with Crippen molar-refractivity contribution in [3.8, 4) is 5.75 Å². The third-order valence-electron chi connectivity index (χ3n) is 3.95. The van der Waals surface area contributed by atoms with Gasteiger partial charge in [-0.2, -0.15) is 0 Å². The van der Waals surface area contributed by atoms with Gasteiger partial charge in [-0.05, 0) is 55.0 Å². The Morgan fingerprint density at radius 2 is 1.75 bits per heavy atom. The SMILES string of the molecule is CCCOc1cccc(C(=O)Nc2cccc(C(=O)NCc3ccco3)c2)c1. The molecule has 0 bridgehead atoms. The fourth-order valence-electron chi connectivity index (χ4n) is 2.57. The van der Waals surface area contributed by atoms with Gasteiger partial charge in [-0.1, -0.05) is 19.1 Å². The first-order chi connectivity index (χ1) is 13.7. The number of carbonyl (C=O) groups is 2. The van der Waals surface area contributed by atoms with E-state index in [0.717, 1.165) is 6.42 Å². The lowest BCUT2D eigenvalue weighted by Crippen LogP contribution is -2.22. The molecule has 0 saturated carbocycles. The lowest BCUT2D eigenvalue weighted by Gasteiger charge is -2.09. The summed E-state index contributed by atoms with van der Waals surface area (Å²) in [6.07, 6.45) is 2.45. The van der Waals surface area contributed by atoms with Crippen LogP contribution in [0, 0.1) is 0 Å². The Morgan fingerprint density at radius 3 is 2.50 bits per heavy atom. The van der Waals surface area contributed by atoms with E-state index in [0.29, 0.717) is 41.5 Å². The summed E-state index contributed by atoms with van der Waals surface area (Å²) in [5.74, 6) is 0.807. The Kier molecular flexibility index (Phi) is 6.46. The minimum Gasteiger partial charge on any atom is -0.494 e. The van der Waals surface area contributed by atoms with Gasteiger partial charge in [0.15, 0.2) is 0 Å². The first-order valence-corrected chi connectivity index (χ1v) is 9.10. The number of ether oxygens (including phenoxy) is 1. The fourth-order valence-corrected chi connectivity index (χ4v) is 2.57. The van der Waals surface area contributed by atoms with E-state index < -0.39 is 0 Å². The lowest BCUT2D eigenvalue weighted by atomic mass is 10.1. The normalized spacial score (nSPS) is 10.3. The molecule has 2 N–H and O–H groups in total. The molecule has 0 unspecified atom stereocenters. The highest BCUT2D eigenvalue weighted by molar-refractivity contribution is 6.05. The molecular weight excluding hydrogens is 356 g/mol. The van der Waals surface area contributed by atoms with Gasteiger partial charge in [0, 0.05) is 16.8 Å². The van der Waals surface area contributed by atoms with Crippen molar-refractivity contribution in [3.63, 3.8) is 0 Å². The maximum Gasteiger partial charge on any atom is 0.255 e. The minimum absolute atomic E-state index is 0.248. The molecule has 6 heteroatoms. The van der Waals surface area contributed by atoms with Crippen molar-refractivity contribution in [2.24, 2.45) is 0 Å². The zero-order chi connectivity index (χ0) is 19.8. The van der Waals surface area contributed by atoms with Crippen LogP contribution in [-0.2, 0) is 6.54 Å². The molecular formula is C22H22N2O4. The first-order valence-electron chi connectivity index (χ1n) is 9.10. The number of hydrogen-bond acceptors (Lipinski definition) is 4. The average molecular weight is 378 g/mol. The molecule has 144 valence electrons. The Hall–Kier alpha value is -3.54. The standard InChI is InChI=1S/C22H22N2O4/c1-2-11-27-19-9-4-7-17(14-19)22(26)24-18-8-3-6-16(13-18)21(25)23-15-20-10-5-12-28-20/h3-10,12-14H,2,11,15H2,1H3,(H,23,25)(H,24,26). The maximum atomic E-state index is 12.5. The molecule has 0 aliphatic heterocycles. The zero-order valence-corrected chi connectivity index (χ0v) is 15.6. The predicted octanol–water partition coefficient (Wildman–Crippen LogP) is 4.25. The van der Waals surface area contributed by atoms with Gasteiger partial charge in [-0.3, -0.25) is 9.59 Å². The van der Waals surface area contributed by atoms with E-state index in [-0.39, 0.29) is 11.8 Å². The van der Waals surface area contributed by atoms with E-state index in [1.54, 1.807) is 60.9 Å². The van der Waals surface area contributed by atoms with Crippen molar-refractivity contribution >= 4 is 17.5 Å². The summed E-state index contributed by atoms with van der Waals surface area (Å²) in [4.78, 5) is 24.8. The fraction of sp³-hybridized carbons (Fsp3) is 0.182. The molecule has 0 aliphatic rings. The Morgan fingerprint density at radius 1 is 0.964 bits per heavy atom. The largest absolute Gasteiger partial charge is 0.494 e. The quantitative estimate of drug-likeness (QED) is 0.614. The van der Waals surface area contributed by atoms with Gasteiger partial charge in [-0.25, -0.2) is 0 Å². The van der Waals surface area contributed by atoms with Gasteiger partial charge < -0.3 is 19.8 Å². The summed E-state index contributed by atoms with van der Waals surface area (Å²) in [6.45, 7) is 2.92. The number of nitrogens with one attached hydrogen (secondary N) is 2. The molecule has 0 aliphatic carbocycles. The van der Waals surface area contributed by atoms with Crippen molar-refractivity contribution in [1.82, 2.24) is 5.32 Å². The van der Waals surface area contributed by atoms with Crippen LogP contribution >= 0.6 is 0 Å². The molecule has 0 spiro atoms. The molecule has 2 amide bonds. The van der Waals surface area contributed by atoms with Crippen molar-refractivity contribution in [3.05, 3.63) is 83.8 Å². The monoisotopic (exact) mass is 378 g/mol. The van der Waals surface area contributed by atoms with Crippen LogP contribution in [0.1, 0.15) is 39.8 Å². The van der Waals surface area contributed by atoms with Crippen LogP contribution < -0.4 is 15.4 Å². The highest BCUT2D eigenvalue weighted by Crippen LogP contribution is 2.17. The summed E-state index contributed by atoms with van der Waals surface area (Å²) in [6, 6.07) is 17.3. The molecule has 2 aromatic carbocycles. The summed E-state index contributed by atoms with van der Waals surface area (Å²) in [5, 5.41) is 5.59. The van der Waals surface area contributed by atoms with Crippen molar-refractivity contribution in [1.29, 1.82) is 0 Å². The number of rotatable bonds is 8. The molecule has 0 saturated heterocycles. The topological polar surface area (TPSA) is 80.6 Å². The molecule has 3 rings (SSSR count). The van der Waals surface area contributed by atoms with Crippen molar-refractivity contribution < 1.29 is 18.7 Å².